The number of hydrogen-bond donors (Lipinski definition) is 2. The molecule has 8 nitrogen and oxygen atoms in total. The van der Waals surface area contributed by atoms with E-state index in [2.05, 4.69) is 21.2 Å². The van der Waals surface area contributed by atoms with Crippen LogP contribution in [0.4, 0.5) is 0 Å². The highest BCUT2D eigenvalue weighted by Crippen LogP contribution is 2.43. The molecule has 1 aliphatic heterocycles. The zero-order valence-corrected chi connectivity index (χ0v) is 28.4. The molecule has 0 aromatic heterocycles. The van der Waals surface area contributed by atoms with Crippen molar-refractivity contribution >= 4 is 60.8 Å². The molecule has 1 amide bonds. The number of halogens is 3. The van der Waals surface area contributed by atoms with Crippen LogP contribution in [0.25, 0.3) is 0 Å². The normalized spacial score (nSPS) is 17.7. The first-order valence-electron chi connectivity index (χ1n) is 14.5. The fourth-order valence-corrected chi connectivity index (χ4v) is 7.16. The summed E-state index contributed by atoms with van der Waals surface area (Å²) in [6.45, 7) is 0.435. The molecule has 2 N–H and O–H groups in total. The van der Waals surface area contributed by atoms with Gasteiger partial charge in [-0.15, -0.1) is 0 Å². The second-order valence-electron chi connectivity index (χ2n) is 10.6. The van der Waals surface area contributed by atoms with Gasteiger partial charge in [0, 0.05) is 46.1 Å². The molecule has 5 rings (SSSR count). The molecule has 4 aromatic rings. The van der Waals surface area contributed by atoms with E-state index in [9.17, 15) is 13.2 Å². The molecule has 0 saturated heterocycles. The number of nitrogens with one attached hydrogen (secondary N) is 1. The van der Waals surface area contributed by atoms with E-state index < -0.39 is 27.4 Å². The van der Waals surface area contributed by atoms with Crippen molar-refractivity contribution in [2.75, 3.05) is 19.0 Å². The van der Waals surface area contributed by atoms with E-state index in [-0.39, 0.29) is 36.1 Å². The maximum absolute atomic E-state index is 14.4. The van der Waals surface area contributed by atoms with Gasteiger partial charge in [0.2, 0.25) is 5.90 Å². The molecule has 240 valence electrons. The van der Waals surface area contributed by atoms with Crippen molar-refractivity contribution in [3.63, 3.8) is 0 Å². The summed E-state index contributed by atoms with van der Waals surface area (Å²) in [6.07, 6.45) is -0.628. The first-order valence-corrected chi connectivity index (χ1v) is 17.7. The summed E-state index contributed by atoms with van der Waals surface area (Å²) in [5.41, 5.74) is 0.187. The van der Waals surface area contributed by atoms with Gasteiger partial charge in [-0.2, -0.15) is 0 Å². The van der Waals surface area contributed by atoms with Crippen molar-refractivity contribution in [3.05, 3.63) is 128 Å². The number of benzene rings is 4. The second-order valence-corrected chi connectivity index (χ2v) is 14.5. The Hall–Kier alpha value is -3.41. The Morgan fingerprint density at radius 2 is 1.72 bits per heavy atom. The van der Waals surface area contributed by atoms with Crippen LogP contribution >= 0.6 is 39.1 Å². The number of carbonyl (C=O) groups is 1. The van der Waals surface area contributed by atoms with Crippen LogP contribution in [0.1, 0.15) is 35.6 Å². The quantitative estimate of drug-likeness (QED) is 0.143. The summed E-state index contributed by atoms with van der Waals surface area (Å²) in [5, 5.41) is 12.8. The first-order chi connectivity index (χ1) is 22.1. The van der Waals surface area contributed by atoms with Crippen LogP contribution in [-0.2, 0) is 25.9 Å². The summed E-state index contributed by atoms with van der Waals surface area (Å²) >= 11 is 15.9. The van der Waals surface area contributed by atoms with Crippen LogP contribution in [0, 0.1) is 0 Å². The minimum atomic E-state index is -3.79. The average molecular weight is 747 g/mol. The van der Waals surface area contributed by atoms with E-state index in [1.807, 2.05) is 24.3 Å². The zero-order chi connectivity index (χ0) is 32.7. The lowest BCUT2D eigenvalue weighted by molar-refractivity contribution is -0.129. The molecule has 0 aliphatic carbocycles. The number of carbonyl (C=O) groups excluding carboxylic acids is 1. The smallest absolute Gasteiger partial charge is 0.252 e. The second kappa shape index (κ2) is 15.0. The lowest BCUT2D eigenvalue weighted by Gasteiger charge is -2.30. The first kappa shape index (κ1) is 33.9. The molecule has 4 aromatic carbocycles. The average Bonchev–Trinajstić information content (AvgIpc) is 3.45. The van der Waals surface area contributed by atoms with Gasteiger partial charge in [-0.05, 0) is 71.8 Å². The molecule has 2 atom stereocenters. The number of amides is 1. The summed E-state index contributed by atoms with van der Waals surface area (Å²) in [7, 11) is -3.79. The van der Waals surface area contributed by atoms with Gasteiger partial charge in [-0.3, -0.25) is 4.79 Å². The van der Waals surface area contributed by atoms with Gasteiger partial charge >= 0.3 is 0 Å². The number of nitrogens with zero attached hydrogens (tertiary/aromatic N) is 1. The predicted molar refractivity (Wildman–Crippen MR) is 182 cm³/mol. The van der Waals surface area contributed by atoms with E-state index in [0.717, 1.165) is 4.47 Å². The van der Waals surface area contributed by atoms with E-state index in [4.69, 9.17) is 42.8 Å². The maximum Gasteiger partial charge on any atom is 0.252 e. The largest absolute Gasteiger partial charge is 0.494 e. The molecule has 0 unspecified atom stereocenters. The molecule has 0 saturated carbocycles. The SMILES string of the molecule is O=C(NCc1ccc(Cl)cc1Cl)[C@]1(CCS(=O)(=O)c2ccccc2)N=C(c2ccc(OCCCO)cc2)O[C@@H]1c1ccc(Br)cc1. The Bertz CT molecular complexity index is 1810. The Morgan fingerprint density at radius 3 is 2.39 bits per heavy atom. The number of hydrogen-bond acceptors (Lipinski definition) is 7. The van der Waals surface area contributed by atoms with Gasteiger partial charge in [-0.25, -0.2) is 13.4 Å². The van der Waals surface area contributed by atoms with E-state index in [1.165, 1.54) is 12.1 Å². The van der Waals surface area contributed by atoms with Gasteiger partial charge in [0.15, 0.2) is 21.5 Å². The van der Waals surface area contributed by atoms with Crippen molar-refractivity contribution in [3.8, 4) is 5.75 Å². The van der Waals surface area contributed by atoms with Gasteiger partial charge in [-0.1, -0.05) is 75.5 Å². The number of sulfone groups is 1. The molecule has 0 fully saturated rings. The third kappa shape index (κ3) is 7.93. The highest BCUT2D eigenvalue weighted by atomic mass is 79.9. The predicted octanol–water partition coefficient (Wildman–Crippen LogP) is 6.95. The zero-order valence-electron chi connectivity index (χ0n) is 24.5. The van der Waals surface area contributed by atoms with E-state index in [0.29, 0.717) is 45.5 Å². The Kier molecular flexibility index (Phi) is 11.1. The van der Waals surface area contributed by atoms with Crippen LogP contribution < -0.4 is 10.1 Å². The monoisotopic (exact) mass is 744 g/mol. The number of aliphatic hydroxyl groups excluding tert-OH is 1. The van der Waals surface area contributed by atoms with Crippen LogP contribution in [-0.4, -0.2) is 49.8 Å². The number of aliphatic imine (C=N–C) groups is 1. The van der Waals surface area contributed by atoms with Gasteiger partial charge in [0.25, 0.3) is 5.91 Å². The molecule has 0 spiro atoms. The third-order valence-electron chi connectivity index (χ3n) is 7.51. The number of ether oxygens (including phenoxy) is 2. The van der Waals surface area contributed by atoms with E-state index in [1.54, 1.807) is 60.7 Å². The third-order valence-corrected chi connectivity index (χ3v) is 10.4. The van der Waals surface area contributed by atoms with Crippen molar-refractivity contribution in [2.24, 2.45) is 4.99 Å². The molecular formula is C34H31BrCl2N2O6S. The van der Waals surface area contributed by atoms with Crippen LogP contribution in [0.3, 0.4) is 0 Å². The molecule has 1 heterocycles. The molecule has 0 radical (unpaired) electrons. The lowest BCUT2D eigenvalue weighted by atomic mass is 9.85. The number of aliphatic hydroxyl groups is 1. The maximum atomic E-state index is 14.4. The van der Waals surface area contributed by atoms with Crippen molar-refractivity contribution < 1.29 is 27.8 Å². The molecule has 46 heavy (non-hydrogen) atoms. The summed E-state index contributed by atoms with van der Waals surface area (Å²) in [6, 6.07) is 27.4. The minimum absolute atomic E-state index is 0.0224. The van der Waals surface area contributed by atoms with E-state index >= 15 is 0 Å². The van der Waals surface area contributed by atoms with Crippen LogP contribution in [0.15, 0.2) is 111 Å². The number of rotatable bonds is 13. The van der Waals surface area contributed by atoms with Crippen molar-refractivity contribution in [1.29, 1.82) is 0 Å². The van der Waals surface area contributed by atoms with Gasteiger partial charge in [0.05, 0.1) is 17.3 Å². The standard InChI is InChI=1S/C34H31BrCl2N2O6S/c35-26-12-7-23(8-13-26)31-34(17-20-46(42,43)29-5-2-1-3-6-29,33(41)38-22-25-9-14-27(36)21-30(25)37)39-32(45-31)24-10-15-28(16-11-24)44-19-4-18-40/h1-3,5-16,21,31,40H,4,17-20,22H2,(H,38,41)/t31-,34-/m1/s1. The van der Waals surface area contributed by atoms with Crippen LogP contribution in [0.2, 0.25) is 10.0 Å². The molecular weight excluding hydrogens is 715 g/mol. The van der Waals surface area contributed by atoms with Gasteiger partial charge < -0.3 is 19.9 Å². The minimum Gasteiger partial charge on any atom is -0.494 e. The van der Waals surface area contributed by atoms with Crippen molar-refractivity contribution in [1.82, 2.24) is 5.32 Å². The van der Waals surface area contributed by atoms with Gasteiger partial charge in [0.1, 0.15) is 5.75 Å². The Labute approximate surface area is 286 Å². The Morgan fingerprint density at radius 1 is 1.00 bits per heavy atom. The van der Waals surface area contributed by atoms with Crippen LogP contribution in [0.5, 0.6) is 5.75 Å². The fraction of sp³-hybridized carbons (Fsp3) is 0.235. The van der Waals surface area contributed by atoms with Crippen molar-refractivity contribution in [2.45, 2.75) is 35.9 Å². The summed E-state index contributed by atoms with van der Waals surface area (Å²) < 4.78 is 40.0. The fourth-order valence-electron chi connectivity index (χ4n) is 5.04. The lowest BCUT2D eigenvalue weighted by Crippen LogP contribution is -2.49. The summed E-state index contributed by atoms with van der Waals surface area (Å²) in [5.74, 6) is -0.102. The topological polar surface area (TPSA) is 114 Å². The highest BCUT2D eigenvalue weighted by molar-refractivity contribution is 9.10. The molecule has 1 aliphatic rings. The Balaban J connectivity index is 1.55. The highest BCUT2D eigenvalue weighted by Gasteiger charge is 2.53. The molecule has 0 bridgehead atoms. The summed E-state index contributed by atoms with van der Waals surface area (Å²) in [4.78, 5) is 19.4. The molecule has 12 heteroatoms.